The highest BCUT2D eigenvalue weighted by molar-refractivity contribution is 7.94. The van der Waals surface area contributed by atoms with Crippen LogP contribution >= 0.6 is 0 Å². The van der Waals surface area contributed by atoms with Crippen LogP contribution in [0.3, 0.4) is 0 Å². The van der Waals surface area contributed by atoms with Crippen molar-refractivity contribution in [2.24, 2.45) is 0 Å². The third-order valence-electron chi connectivity index (χ3n) is 4.18. The summed E-state index contributed by atoms with van der Waals surface area (Å²) in [6, 6.07) is 10.3. The number of nitrogens with zero attached hydrogens (tertiary/aromatic N) is 1. The lowest BCUT2D eigenvalue weighted by Gasteiger charge is -2.29. The summed E-state index contributed by atoms with van der Waals surface area (Å²) in [7, 11) is -3.33. The Morgan fingerprint density at radius 2 is 1.80 bits per heavy atom. The summed E-state index contributed by atoms with van der Waals surface area (Å²) in [5.41, 5.74) is 2.78. The minimum Gasteiger partial charge on any atom is -0.300 e. The Hall–Kier alpha value is -2.47. The second kappa shape index (κ2) is 6.44. The normalized spacial score (nSPS) is 18.3. The van der Waals surface area contributed by atoms with Crippen LogP contribution in [-0.2, 0) is 9.84 Å². The molecule has 0 N–H and O–H groups in total. The number of aryl methyl sites for hydroxylation is 2. The van der Waals surface area contributed by atoms with E-state index in [4.69, 9.17) is 0 Å². The molecule has 6 heteroatoms. The fraction of sp³-hybridized carbons (Fsp3) is 0.211. The summed E-state index contributed by atoms with van der Waals surface area (Å²) in [5, 5.41) is 1.15. The Bertz CT molecular complexity index is 949. The lowest BCUT2D eigenvalue weighted by atomic mass is 10.1. The standard InChI is InChI=1S/C19H18FNO3S/c1-13-3-4-14(2)18(11-13)21(17-9-10-25(23,24)12-17)19(22)15-5-7-16(20)8-6-15/h3-11,17H,12H2,1-2H3. The molecule has 0 radical (unpaired) electrons. The molecule has 1 amide bonds. The molecule has 1 atom stereocenters. The number of sulfone groups is 1. The number of hydrogen-bond donors (Lipinski definition) is 0. The van der Waals surface area contributed by atoms with Gasteiger partial charge in [0.2, 0.25) is 0 Å². The highest BCUT2D eigenvalue weighted by atomic mass is 32.2. The number of benzene rings is 2. The van der Waals surface area contributed by atoms with Gasteiger partial charge in [-0.25, -0.2) is 12.8 Å². The second-order valence-corrected chi connectivity index (χ2v) is 8.13. The van der Waals surface area contributed by atoms with Gasteiger partial charge in [-0.05, 0) is 61.4 Å². The minimum absolute atomic E-state index is 0.159. The summed E-state index contributed by atoms with van der Waals surface area (Å²) in [6.45, 7) is 3.78. The first-order chi connectivity index (χ1) is 11.8. The van der Waals surface area contributed by atoms with Gasteiger partial charge in [0.05, 0.1) is 11.8 Å². The summed E-state index contributed by atoms with van der Waals surface area (Å²) >= 11 is 0. The van der Waals surface area contributed by atoms with Gasteiger partial charge in [0, 0.05) is 16.7 Å². The number of anilines is 1. The van der Waals surface area contributed by atoms with Crippen molar-refractivity contribution in [3.63, 3.8) is 0 Å². The van der Waals surface area contributed by atoms with Crippen molar-refractivity contribution in [1.82, 2.24) is 0 Å². The molecule has 0 fully saturated rings. The molecule has 0 aromatic heterocycles. The van der Waals surface area contributed by atoms with E-state index >= 15 is 0 Å². The number of hydrogen-bond acceptors (Lipinski definition) is 3. The Morgan fingerprint density at radius 3 is 2.40 bits per heavy atom. The van der Waals surface area contributed by atoms with Crippen molar-refractivity contribution in [3.05, 3.63) is 76.5 Å². The third kappa shape index (κ3) is 3.64. The molecule has 4 nitrogen and oxygen atoms in total. The van der Waals surface area contributed by atoms with E-state index in [0.29, 0.717) is 11.3 Å². The monoisotopic (exact) mass is 359 g/mol. The van der Waals surface area contributed by atoms with Gasteiger partial charge < -0.3 is 4.90 Å². The maximum Gasteiger partial charge on any atom is 0.258 e. The molecule has 1 aliphatic heterocycles. The van der Waals surface area contributed by atoms with Crippen LogP contribution in [0, 0.1) is 19.7 Å². The molecule has 1 aliphatic rings. The topological polar surface area (TPSA) is 54.5 Å². The van der Waals surface area contributed by atoms with Crippen LogP contribution in [-0.4, -0.2) is 26.1 Å². The summed E-state index contributed by atoms with van der Waals surface area (Å²) < 4.78 is 36.9. The average Bonchev–Trinajstić information content (AvgIpc) is 2.91. The van der Waals surface area contributed by atoms with Gasteiger partial charge in [-0.1, -0.05) is 12.1 Å². The van der Waals surface area contributed by atoms with Crippen molar-refractivity contribution in [2.75, 3.05) is 10.7 Å². The van der Waals surface area contributed by atoms with E-state index in [2.05, 4.69) is 0 Å². The molecule has 0 saturated heterocycles. The number of carbonyl (C=O) groups is 1. The van der Waals surface area contributed by atoms with Crippen LogP contribution in [0.15, 0.2) is 53.9 Å². The zero-order valence-electron chi connectivity index (χ0n) is 13.9. The van der Waals surface area contributed by atoms with E-state index in [1.165, 1.54) is 35.2 Å². The van der Waals surface area contributed by atoms with E-state index < -0.39 is 21.7 Å². The zero-order chi connectivity index (χ0) is 18.2. The minimum atomic E-state index is -3.33. The van der Waals surface area contributed by atoms with Crippen LogP contribution < -0.4 is 4.90 Å². The molecule has 0 spiro atoms. The fourth-order valence-corrected chi connectivity index (χ4v) is 4.14. The predicted octanol–water partition coefficient (Wildman–Crippen LogP) is 3.40. The van der Waals surface area contributed by atoms with E-state index in [-0.39, 0.29) is 11.7 Å². The molecule has 25 heavy (non-hydrogen) atoms. The Kier molecular flexibility index (Phi) is 4.47. The van der Waals surface area contributed by atoms with Gasteiger partial charge >= 0.3 is 0 Å². The van der Waals surface area contributed by atoms with Crippen LogP contribution in [0.2, 0.25) is 0 Å². The smallest absolute Gasteiger partial charge is 0.258 e. The number of carbonyl (C=O) groups excluding carboxylic acids is 1. The fourth-order valence-electron chi connectivity index (χ4n) is 2.87. The van der Waals surface area contributed by atoms with E-state index in [9.17, 15) is 17.6 Å². The average molecular weight is 359 g/mol. The van der Waals surface area contributed by atoms with Gasteiger partial charge in [-0.2, -0.15) is 0 Å². The summed E-state index contributed by atoms with van der Waals surface area (Å²) in [5.74, 6) is -0.952. The number of halogens is 1. The molecule has 1 heterocycles. The molecular formula is C19H18FNO3S. The van der Waals surface area contributed by atoms with E-state index in [1.54, 1.807) is 0 Å². The summed E-state index contributed by atoms with van der Waals surface area (Å²) in [6.07, 6.45) is 1.53. The first kappa shape index (κ1) is 17.4. The predicted molar refractivity (Wildman–Crippen MR) is 95.8 cm³/mol. The van der Waals surface area contributed by atoms with Crippen molar-refractivity contribution in [1.29, 1.82) is 0 Å². The van der Waals surface area contributed by atoms with Gasteiger partial charge in [0.1, 0.15) is 5.82 Å². The quantitative estimate of drug-likeness (QED) is 0.844. The molecule has 1 unspecified atom stereocenters. The zero-order valence-corrected chi connectivity index (χ0v) is 14.8. The third-order valence-corrected chi connectivity index (χ3v) is 5.55. The maximum absolute atomic E-state index is 13.2. The maximum atomic E-state index is 13.2. The van der Waals surface area contributed by atoms with Crippen LogP contribution in [0.1, 0.15) is 21.5 Å². The molecular weight excluding hydrogens is 341 g/mol. The Morgan fingerprint density at radius 1 is 1.12 bits per heavy atom. The van der Waals surface area contributed by atoms with Crippen molar-refractivity contribution in [2.45, 2.75) is 19.9 Å². The van der Waals surface area contributed by atoms with Crippen molar-refractivity contribution < 1.29 is 17.6 Å². The molecule has 130 valence electrons. The van der Waals surface area contributed by atoms with Gasteiger partial charge in [0.15, 0.2) is 9.84 Å². The number of amides is 1. The molecule has 2 aromatic rings. The molecule has 3 rings (SSSR count). The van der Waals surface area contributed by atoms with Crippen molar-refractivity contribution >= 4 is 21.4 Å². The van der Waals surface area contributed by atoms with Crippen LogP contribution in [0.4, 0.5) is 10.1 Å². The largest absolute Gasteiger partial charge is 0.300 e. The highest BCUT2D eigenvalue weighted by Crippen LogP contribution is 2.29. The van der Waals surface area contributed by atoms with Crippen molar-refractivity contribution in [3.8, 4) is 0 Å². The molecule has 0 saturated carbocycles. The first-order valence-electron chi connectivity index (χ1n) is 7.84. The first-order valence-corrected chi connectivity index (χ1v) is 9.56. The summed E-state index contributed by atoms with van der Waals surface area (Å²) in [4.78, 5) is 14.6. The lowest BCUT2D eigenvalue weighted by molar-refractivity contribution is 0.0983. The van der Waals surface area contributed by atoms with E-state index in [1.807, 2.05) is 32.0 Å². The van der Waals surface area contributed by atoms with Crippen LogP contribution in [0.25, 0.3) is 0 Å². The Labute approximate surface area is 146 Å². The molecule has 0 aliphatic carbocycles. The molecule has 2 aromatic carbocycles. The van der Waals surface area contributed by atoms with Gasteiger partial charge in [0.25, 0.3) is 5.91 Å². The molecule has 0 bridgehead atoms. The van der Waals surface area contributed by atoms with Crippen LogP contribution in [0.5, 0.6) is 0 Å². The lowest BCUT2D eigenvalue weighted by Crippen LogP contribution is -2.41. The number of rotatable bonds is 3. The van der Waals surface area contributed by atoms with E-state index in [0.717, 1.165) is 16.5 Å². The highest BCUT2D eigenvalue weighted by Gasteiger charge is 2.32. The SMILES string of the molecule is Cc1ccc(C)c(N(C(=O)c2ccc(F)cc2)C2C=CS(=O)(=O)C2)c1. The van der Waals surface area contributed by atoms with Gasteiger partial charge in [-0.15, -0.1) is 0 Å². The van der Waals surface area contributed by atoms with Gasteiger partial charge in [-0.3, -0.25) is 4.79 Å². The second-order valence-electron chi connectivity index (χ2n) is 6.20. The Balaban J connectivity index is 2.09.